The van der Waals surface area contributed by atoms with Crippen LogP contribution in [0.15, 0.2) is 23.3 Å². The molecule has 0 bridgehead atoms. The smallest absolute Gasteiger partial charge is 0.302 e. The van der Waals surface area contributed by atoms with Crippen LogP contribution in [0.2, 0.25) is 0 Å². The molecule has 0 saturated heterocycles. The minimum absolute atomic E-state index is 0.186. The van der Waals surface area contributed by atoms with Crippen molar-refractivity contribution in [1.29, 1.82) is 0 Å². The van der Waals surface area contributed by atoms with Gasteiger partial charge in [0.15, 0.2) is 0 Å². The molecule has 2 heteroatoms. The van der Waals surface area contributed by atoms with Crippen molar-refractivity contribution in [1.82, 2.24) is 0 Å². The van der Waals surface area contributed by atoms with Crippen LogP contribution in [0.4, 0.5) is 0 Å². The summed E-state index contributed by atoms with van der Waals surface area (Å²) in [6, 6.07) is 0. The van der Waals surface area contributed by atoms with Gasteiger partial charge in [0.05, 0.1) is 6.61 Å². The Bertz CT molecular complexity index is 320. The third kappa shape index (κ3) is 10.5. The summed E-state index contributed by atoms with van der Waals surface area (Å²) >= 11 is 0. The third-order valence-corrected chi connectivity index (χ3v) is 3.12. The van der Waals surface area contributed by atoms with Crippen molar-refractivity contribution in [3.63, 3.8) is 0 Å². The SMILES string of the molecule is CC(=O)OCC(C)CCC=C(CC=C(C)C)C(C)C. The van der Waals surface area contributed by atoms with Gasteiger partial charge >= 0.3 is 5.97 Å². The Morgan fingerprint density at radius 3 is 2.21 bits per heavy atom. The zero-order valence-corrected chi connectivity index (χ0v) is 13.5. The fourth-order valence-electron chi connectivity index (χ4n) is 1.77. The summed E-state index contributed by atoms with van der Waals surface area (Å²) < 4.78 is 5.02. The Balaban J connectivity index is 4.17. The first-order chi connectivity index (χ1) is 8.82. The van der Waals surface area contributed by atoms with Crippen LogP contribution in [0.25, 0.3) is 0 Å². The van der Waals surface area contributed by atoms with Crippen molar-refractivity contribution in [3.05, 3.63) is 23.3 Å². The predicted molar refractivity (Wildman–Crippen MR) is 82.0 cm³/mol. The van der Waals surface area contributed by atoms with Gasteiger partial charge in [-0.1, -0.05) is 44.1 Å². The van der Waals surface area contributed by atoms with Crippen molar-refractivity contribution >= 4 is 5.97 Å². The van der Waals surface area contributed by atoms with Crippen LogP contribution in [-0.4, -0.2) is 12.6 Å². The van der Waals surface area contributed by atoms with E-state index in [1.165, 1.54) is 18.1 Å². The highest BCUT2D eigenvalue weighted by Gasteiger charge is 2.05. The van der Waals surface area contributed by atoms with Crippen LogP contribution < -0.4 is 0 Å². The van der Waals surface area contributed by atoms with E-state index in [0.29, 0.717) is 18.4 Å². The van der Waals surface area contributed by atoms with E-state index in [-0.39, 0.29) is 5.97 Å². The van der Waals surface area contributed by atoms with Gasteiger partial charge in [-0.25, -0.2) is 0 Å². The molecule has 0 aromatic heterocycles. The summed E-state index contributed by atoms with van der Waals surface area (Å²) in [5, 5.41) is 0. The lowest BCUT2D eigenvalue weighted by atomic mass is 9.96. The number of esters is 1. The topological polar surface area (TPSA) is 26.3 Å². The van der Waals surface area contributed by atoms with E-state index in [0.717, 1.165) is 19.3 Å². The molecule has 0 spiro atoms. The first kappa shape index (κ1) is 17.9. The highest BCUT2D eigenvalue weighted by atomic mass is 16.5. The van der Waals surface area contributed by atoms with Gasteiger partial charge in [-0.05, 0) is 44.9 Å². The minimum Gasteiger partial charge on any atom is -0.466 e. The number of hydrogen-bond donors (Lipinski definition) is 0. The van der Waals surface area contributed by atoms with Gasteiger partial charge in [0.2, 0.25) is 0 Å². The summed E-state index contributed by atoms with van der Waals surface area (Å²) in [5.74, 6) is 0.838. The maximum Gasteiger partial charge on any atom is 0.302 e. The summed E-state index contributed by atoms with van der Waals surface area (Å²) in [6.45, 7) is 12.9. The lowest BCUT2D eigenvalue weighted by Crippen LogP contribution is -2.09. The molecule has 0 aromatic rings. The second-order valence-corrected chi connectivity index (χ2v) is 5.90. The maximum absolute atomic E-state index is 10.7. The fraction of sp³-hybridized carbons (Fsp3) is 0.706. The van der Waals surface area contributed by atoms with Gasteiger partial charge < -0.3 is 4.74 Å². The Kier molecular flexibility index (Phi) is 9.28. The third-order valence-electron chi connectivity index (χ3n) is 3.12. The highest BCUT2D eigenvalue weighted by molar-refractivity contribution is 5.65. The van der Waals surface area contributed by atoms with Crippen molar-refractivity contribution in [2.45, 2.75) is 60.8 Å². The standard InChI is InChI=1S/C17H30O2/c1-13(2)10-11-17(14(3)4)9-7-8-15(5)12-19-16(6)18/h9-10,14-15H,7-8,11-12H2,1-6H3. The van der Waals surface area contributed by atoms with Crippen LogP contribution in [0.3, 0.4) is 0 Å². The molecular weight excluding hydrogens is 236 g/mol. The average Bonchev–Trinajstić information content (AvgIpc) is 2.30. The molecule has 0 aliphatic rings. The second-order valence-electron chi connectivity index (χ2n) is 5.90. The quantitative estimate of drug-likeness (QED) is 0.461. The van der Waals surface area contributed by atoms with Gasteiger partial charge in [-0.15, -0.1) is 0 Å². The predicted octanol–water partition coefficient (Wildman–Crippen LogP) is 4.90. The molecule has 19 heavy (non-hydrogen) atoms. The van der Waals surface area contributed by atoms with Crippen LogP contribution >= 0.6 is 0 Å². The fourth-order valence-corrected chi connectivity index (χ4v) is 1.77. The largest absolute Gasteiger partial charge is 0.466 e. The van der Waals surface area contributed by atoms with Gasteiger partial charge in [-0.3, -0.25) is 4.79 Å². The Morgan fingerprint density at radius 1 is 1.11 bits per heavy atom. The Hall–Kier alpha value is -1.05. The monoisotopic (exact) mass is 266 g/mol. The van der Waals surface area contributed by atoms with Crippen LogP contribution in [-0.2, 0) is 9.53 Å². The average molecular weight is 266 g/mol. The summed E-state index contributed by atoms with van der Waals surface area (Å²) in [6.07, 6.45) is 7.83. The van der Waals surface area contributed by atoms with E-state index < -0.39 is 0 Å². The van der Waals surface area contributed by atoms with Crippen molar-refractivity contribution in [2.24, 2.45) is 11.8 Å². The molecule has 0 aliphatic heterocycles. The molecule has 0 rings (SSSR count). The molecule has 1 atom stereocenters. The molecule has 0 saturated carbocycles. The van der Waals surface area contributed by atoms with E-state index in [1.54, 1.807) is 0 Å². The number of hydrogen-bond acceptors (Lipinski definition) is 2. The van der Waals surface area contributed by atoms with E-state index >= 15 is 0 Å². The highest BCUT2D eigenvalue weighted by Crippen LogP contribution is 2.18. The molecule has 1 unspecified atom stereocenters. The van der Waals surface area contributed by atoms with Gasteiger partial charge in [0.1, 0.15) is 0 Å². The number of rotatable bonds is 8. The van der Waals surface area contributed by atoms with Crippen molar-refractivity contribution < 1.29 is 9.53 Å². The van der Waals surface area contributed by atoms with Crippen molar-refractivity contribution in [2.75, 3.05) is 6.61 Å². The van der Waals surface area contributed by atoms with Crippen LogP contribution in [0.5, 0.6) is 0 Å². The van der Waals surface area contributed by atoms with Crippen LogP contribution in [0, 0.1) is 11.8 Å². The lowest BCUT2D eigenvalue weighted by molar-refractivity contribution is -0.142. The molecule has 110 valence electrons. The van der Waals surface area contributed by atoms with E-state index in [1.807, 2.05) is 0 Å². The molecule has 0 heterocycles. The van der Waals surface area contributed by atoms with E-state index in [2.05, 4.69) is 46.8 Å². The lowest BCUT2D eigenvalue weighted by Gasteiger charge is -2.12. The number of ether oxygens (including phenoxy) is 1. The van der Waals surface area contributed by atoms with Crippen LogP contribution in [0.1, 0.15) is 60.8 Å². The minimum atomic E-state index is -0.186. The molecule has 0 radical (unpaired) electrons. The zero-order chi connectivity index (χ0) is 14.8. The summed E-state index contributed by atoms with van der Waals surface area (Å²) in [4.78, 5) is 10.7. The first-order valence-electron chi connectivity index (χ1n) is 7.28. The summed E-state index contributed by atoms with van der Waals surface area (Å²) in [7, 11) is 0. The number of allylic oxidation sites excluding steroid dienone is 4. The normalized spacial score (nSPS) is 13.3. The first-order valence-corrected chi connectivity index (χ1v) is 7.28. The number of carbonyl (C=O) groups is 1. The van der Waals surface area contributed by atoms with E-state index in [4.69, 9.17) is 4.74 Å². The molecule has 0 fully saturated rings. The van der Waals surface area contributed by atoms with Gasteiger partial charge in [0.25, 0.3) is 0 Å². The molecule has 0 amide bonds. The van der Waals surface area contributed by atoms with Gasteiger partial charge in [0, 0.05) is 6.92 Å². The Morgan fingerprint density at radius 2 is 1.74 bits per heavy atom. The molecule has 0 aliphatic carbocycles. The van der Waals surface area contributed by atoms with Gasteiger partial charge in [-0.2, -0.15) is 0 Å². The molecule has 0 N–H and O–H groups in total. The second kappa shape index (κ2) is 9.82. The molecule has 0 aromatic carbocycles. The number of carbonyl (C=O) groups excluding carboxylic acids is 1. The van der Waals surface area contributed by atoms with E-state index in [9.17, 15) is 4.79 Å². The zero-order valence-electron chi connectivity index (χ0n) is 13.5. The Labute approximate surface area is 118 Å². The molecular formula is C17H30O2. The molecule has 2 nitrogen and oxygen atoms in total. The van der Waals surface area contributed by atoms with Crippen molar-refractivity contribution in [3.8, 4) is 0 Å². The maximum atomic E-state index is 10.7. The summed E-state index contributed by atoms with van der Waals surface area (Å²) in [5.41, 5.74) is 2.87.